The van der Waals surface area contributed by atoms with Crippen LogP contribution >= 0.6 is 0 Å². The first-order valence-electron chi connectivity index (χ1n) is 4.40. The van der Waals surface area contributed by atoms with Gasteiger partial charge in [0.05, 0.1) is 6.54 Å². The zero-order valence-corrected chi connectivity index (χ0v) is 7.67. The zero-order chi connectivity index (χ0) is 10.1. The molecular formula is C9H9F2N3. The average Bonchev–Trinajstić information content (AvgIpc) is 2.48. The largest absolute Gasteiger partial charge is 0.204 e. The van der Waals surface area contributed by atoms with Crippen LogP contribution in [0.25, 0.3) is 11.0 Å². The van der Waals surface area contributed by atoms with Crippen LogP contribution in [-0.4, -0.2) is 15.0 Å². The Morgan fingerprint density at radius 3 is 2.07 bits per heavy atom. The summed E-state index contributed by atoms with van der Waals surface area (Å²) in [5.41, 5.74) is 0.773. The molecule has 0 unspecified atom stereocenters. The molecule has 1 aromatic heterocycles. The molecule has 0 amide bonds. The van der Waals surface area contributed by atoms with E-state index in [0.717, 1.165) is 18.6 Å². The van der Waals surface area contributed by atoms with Crippen molar-refractivity contribution in [3.8, 4) is 0 Å². The normalized spacial score (nSPS) is 11.1. The molecular weight excluding hydrogens is 188 g/mol. The molecule has 2 aromatic rings. The first kappa shape index (κ1) is 9.05. The van der Waals surface area contributed by atoms with Crippen molar-refractivity contribution in [1.29, 1.82) is 0 Å². The van der Waals surface area contributed by atoms with Gasteiger partial charge in [-0.15, -0.1) is 0 Å². The molecule has 74 valence electrons. The number of benzene rings is 1. The van der Waals surface area contributed by atoms with Gasteiger partial charge in [0.2, 0.25) is 0 Å². The van der Waals surface area contributed by atoms with E-state index in [-0.39, 0.29) is 0 Å². The number of aryl methyl sites for hydroxylation is 1. The predicted octanol–water partition coefficient (Wildman–Crippen LogP) is 2.12. The van der Waals surface area contributed by atoms with Gasteiger partial charge in [0.15, 0.2) is 11.6 Å². The van der Waals surface area contributed by atoms with Crippen LogP contribution in [0.15, 0.2) is 12.1 Å². The molecule has 0 bridgehead atoms. The van der Waals surface area contributed by atoms with E-state index in [2.05, 4.69) is 10.2 Å². The third-order valence-electron chi connectivity index (χ3n) is 1.89. The maximum atomic E-state index is 12.8. The van der Waals surface area contributed by atoms with E-state index < -0.39 is 11.6 Å². The van der Waals surface area contributed by atoms with Crippen LogP contribution in [0.4, 0.5) is 8.78 Å². The lowest BCUT2D eigenvalue weighted by molar-refractivity contribution is 0.510. The second-order valence-corrected chi connectivity index (χ2v) is 3.05. The summed E-state index contributed by atoms with van der Waals surface area (Å²) < 4.78 is 25.6. The van der Waals surface area contributed by atoms with Crippen LogP contribution in [-0.2, 0) is 6.54 Å². The molecule has 0 aliphatic rings. The number of aromatic nitrogens is 3. The standard InChI is InChI=1S/C9H9F2N3/c1-2-3-14-12-8-4-6(10)7(11)5-9(8)13-14/h4-5H,2-3H2,1H3. The van der Waals surface area contributed by atoms with Gasteiger partial charge in [-0.1, -0.05) is 6.92 Å². The van der Waals surface area contributed by atoms with Crippen molar-refractivity contribution in [2.45, 2.75) is 19.9 Å². The van der Waals surface area contributed by atoms with Crippen LogP contribution in [0.1, 0.15) is 13.3 Å². The Morgan fingerprint density at radius 2 is 1.64 bits per heavy atom. The summed E-state index contributed by atoms with van der Waals surface area (Å²) in [6.45, 7) is 2.63. The monoisotopic (exact) mass is 197 g/mol. The lowest BCUT2D eigenvalue weighted by Crippen LogP contribution is -2.00. The molecule has 0 fully saturated rings. The number of hydrogen-bond acceptors (Lipinski definition) is 2. The van der Waals surface area contributed by atoms with E-state index in [1.54, 1.807) is 0 Å². The molecule has 2 rings (SSSR count). The van der Waals surface area contributed by atoms with Crippen molar-refractivity contribution in [3.63, 3.8) is 0 Å². The van der Waals surface area contributed by atoms with Crippen molar-refractivity contribution in [1.82, 2.24) is 15.0 Å². The summed E-state index contributed by atoms with van der Waals surface area (Å²) in [5.74, 6) is -1.78. The van der Waals surface area contributed by atoms with Crippen molar-refractivity contribution in [2.75, 3.05) is 0 Å². The molecule has 0 atom stereocenters. The van der Waals surface area contributed by atoms with Crippen molar-refractivity contribution in [3.05, 3.63) is 23.8 Å². The van der Waals surface area contributed by atoms with Gasteiger partial charge >= 0.3 is 0 Å². The summed E-state index contributed by atoms with van der Waals surface area (Å²) in [7, 11) is 0. The van der Waals surface area contributed by atoms with E-state index in [4.69, 9.17) is 0 Å². The minimum Gasteiger partial charge on any atom is -0.204 e. The first-order chi connectivity index (χ1) is 6.70. The van der Waals surface area contributed by atoms with Crippen LogP contribution in [0, 0.1) is 11.6 Å². The SMILES string of the molecule is CCCn1nc2cc(F)c(F)cc2n1. The minimum atomic E-state index is -0.888. The molecule has 14 heavy (non-hydrogen) atoms. The maximum Gasteiger partial charge on any atom is 0.161 e. The van der Waals surface area contributed by atoms with E-state index in [0.29, 0.717) is 17.6 Å². The number of halogens is 2. The summed E-state index contributed by atoms with van der Waals surface area (Å²) in [5, 5.41) is 8.01. The van der Waals surface area contributed by atoms with Gasteiger partial charge < -0.3 is 0 Å². The van der Waals surface area contributed by atoms with Gasteiger partial charge in [-0.05, 0) is 6.42 Å². The van der Waals surface area contributed by atoms with E-state index in [9.17, 15) is 8.78 Å². The van der Waals surface area contributed by atoms with E-state index >= 15 is 0 Å². The smallest absolute Gasteiger partial charge is 0.161 e. The molecule has 0 saturated heterocycles. The lowest BCUT2D eigenvalue weighted by atomic mass is 10.3. The molecule has 0 aliphatic heterocycles. The number of fused-ring (bicyclic) bond motifs is 1. The summed E-state index contributed by atoms with van der Waals surface area (Å²) in [4.78, 5) is 1.45. The Kier molecular flexibility index (Phi) is 2.15. The highest BCUT2D eigenvalue weighted by molar-refractivity contribution is 5.73. The molecule has 5 heteroatoms. The van der Waals surface area contributed by atoms with Gasteiger partial charge in [0, 0.05) is 12.1 Å². The highest BCUT2D eigenvalue weighted by Crippen LogP contribution is 2.14. The zero-order valence-electron chi connectivity index (χ0n) is 7.67. The maximum absolute atomic E-state index is 12.8. The van der Waals surface area contributed by atoms with Crippen molar-refractivity contribution in [2.24, 2.45) is 0 Å². The van der Waals surface area contributed by atoms with Crippen LogP contribution in [0.3, 0.4) is 0 Å². The Labute approximate surface area is 79.3 Å². The third-order valence-corrected chi connectivity index (χ3v) is 1.89. The highest BCUT2D eigenvalue weighted by atomic mass is 19.2. The summed E-state index contributed by atoms with van der Waals surface area (Å²) in [6.07, 6.45) is 0.881. The van der Waals surface area contributed by atoms with Gasteiger partial charge in [0.1, 0.15) is 11.0 Å². The molecule has 0 aliphatic carbocycles. The summed E-state index contributed by atoms with van der Waals surface area (Å²) >= 11 is 0. The van der Waals surface area contributed by atoms with Gasteiger partial charge in [-0.3, -0.25) is 0 Å². The Hall–Kier alpha value is -1.52. The predicted molar refractivity (Wildman–Crippen MR) is 47.7 cm³/mol. The van der Waals surface area contributed by atoms with Crippen LogP contribution in [0.2, 0.25) is 0 Å². The molecule has 0 saturated carbocycles. The number of nitrogens with zero attached hydrogens (tertiary/aromatic N) is 3. The fraction of sp³-hybridized carbons (Fsp3) is 0.333. The van der Waals surface area contributed by atoms with Gasteiger partial charge in [-0.25, -0.2) is 8.78 Å². The average molecular weight is 197 g/mol. The Morgan fingerprint density at radius 1 is 1.14 bits per heavy atom. The highest BCUT2D eigenvalue weighted by Gasteiger charge is 2.08. The second kappa shape index (κ2) is 3.32. The fourth-order valence-corrected chi connectivity index (χ4v) is 1.26. The number of rotatable bonds is 2. The molecule has 0 N–H and O–H groups in total. The first-order valence-corrected chi connectivity index (χ1v) is 4.40. The molecule has 3 nitrogen and oxygen atoms in total. The number of hydrogen-bond donors (Lipinski definition) is 0. The van der Waals surface area contributed by atoms with E-state index in [1.165, 1.54) is 4.80 Å². The third kappa shape index (κ3) is 1.45. The second-order valence-electron chi connectivity index (χ2n) is 3.05. The fourth-order valence-electron chi connectivity index (χ4n) is 1.26. The van der Waals surface area contributed by atoms with Gasteiger partial charge in [-0.2, -0.15) is 15.0 Å². The molecule has 1 aromatic carbocycles. The van der Waals surface area contributed by atoms with Crippen molar-refractivity contribution >= 4 is 11.0 Å². The topological polar surface area (TPSA) is 30.7 Å². The lowest BCUT2D eigenvalue weighted by Gasteiger charge is -1.91. The van der Waals surface area contributed by atoms with Crippen LogP contribution in [0.5, 0.6) is 0 Å². The van der Waals surface area contributed by atoms with Crippen LogP contribution < -0.4 is 0 Å². The molecule has 0 radical (unpaired) electrons. The quantitative estimate of drug-likeness (QED) is 0.738. The van der Waals surface area contributed by atoms with Crippen molar-refractivity contribution < 1.29 is 8.78 Å². The molecule has 0 spiro atoms. The minimum absolute atomic E-state index is 0.386. The van der Waals surface area contributed by atoms with Gasteiger partial charge in [0.25, 0.3) is 0 Å². The summed E-state index contributed by atoms with van der Waals surface area (Å²) in [6, 6.07) is 2.12. The molecule has 1 heterocycles. The Balaban J connectivity index is 2.54. The van der Waals surface area contributed by atoms with E-state index in [1.807, 2.05) is 6.92 Å². The Bertz CT molecular complexity index is 425.